The standard InChI is InChI=1S/C25H31F2N3O3/c1-17(31)29-23(14-18-12-20(26)15-21(27)13-18)24(32)16-28-25(19-6-4-3-5-7-19)10-8-22(9-11-25)30-33-2/h3-8,12-13,15,23-24,28,30,32H,9-11,14,16H2,1-2H3,(H,29,31). The summed E-state index contributed by atoms with van der Waals surface area (Å²) in [7, 11) is 1.57. The van der Waals surface area contributed by atoms with Crippen LogP contribution in [0.4, 0.5) is 8.78 Å². The maximum Gasteiger partial charge on any atom is 0.217 e. The van der Waals surface area contributed by atoms with Gasteiger partial charge in [-0.2, -0.15) is 0 Å². The Hall–Kier alpha value is -2.81. The predicted molar refractivity (Wildman–Crippen MR) is 122 cm³/mol. The van der Waals surface area contributed by atoms with Crippen molar-refractivity contribution in [2.45, 2.75) is 50.3 Å². The summed E-state index contributed by atoms with van der Waals surface area (Å²) in [6.45, 7) is 1.53. The Morgan fingerprint density at radius 3 is 2.45 bits per heavy atom. The summed E-state index contributed by atoms with van der Waals surface area (Å²) in [5.41, 5.74) is 4.93. The number of carbonyl (C=O) groups excluding carboxylic acids is 1. The number of aliphatic hydroxyl groups excluding tert-OH is 1. The molecule has 3 atom stereocenters. The van der Waals surface area contributed by atoms with E-state index in [1.54, 1.807) is 7.11 Å². The molecule has 8 heteroatoms. The second-order valence-electron chi connectivity index (χ2n) is 8.42. The molecule has 4 N–H and O–H groups in total. The van der Waals surface area contributed by atoms with Gasteiger partial charge in [-0.1, -0.05) is 36.4 Å². The van der Waals surface area contributed by atoms with Crippen molar-refractivity contribution in [1.29, 1.82) is 0 Å². The van der Waals surface area contributed by atoms with Gasteiger partial charge in [0.15, 0.2) is 0 Å². The van der Waals surface area contributed by atoms with Crippen LogP contribution in [0.3, 0.4) is 0 Å². The lowest BCUT2D eigenvalue weighted by Gasteiger charge is -2.39. The van der Waals surface area contributed by atoms with Crippen LogP contribution in [-0.2, 0) is 21.6 Å². The number of benzene rings is 2. The fourth-order valence-corrected chi connectivity index (χ4v) is 4.32. The highest BCUT2D eigenvalue weighted by atomic mass is 19.1. The van der Waals surface area contributed by atoms with Crippen LogP contribution in [0.25, 0.3) is 0 Å². The van der Waals surface area contributed by atoms with Gasteiger partial charge in [-0.25, -0.2) is 8.78 Å². The van der Waals surface area contributed by atoms with E-state index in [0.717, 1.165) is 30.2 Å². The summed E-state index contributed by atoms with van der Waals surface area (Å²) in [5, 5.41) is 17.2. The molecule has 3 rings (SSSR count). The van der Waals surface area contributed by atoms with Crippen molar-refractivity contribution in [1.82, 2.24) is 16.1 Å². The maximum atomic E-state index is 13.6. The molecule has 0 saturated heterocycles. The molecule has 0 saturated carbocycles. The van der Waals surface area contributed by atoms with Crippen molar-refractivity contribution in [3.05, 3.63) is 83.1 Å². The number of rotatable bonds is 10. The van der Waals surface area contributed by atoms with Crippen molar-refractivity contribution in [2.75, 3.05) is 13.7 Å². The van der Waals surface area contributed by atoms with Crippen molar-refractivity contribution >= 4 is 5.91 Å². The van der Waals surface area contributed by atoms with Gasteiger partial charge < -0.3 is 15.7 Å². The van der Waals surface area contributed by atoms with E-state index >= 15 is 0 Å². The quantitative estimate of drug-likeness (QED) is 0.411. The molecule has 0 aromatic heterocycles. The van der Waals surface area contributed by atoms with E-state index in [9.17, 15) is 18.7 Å². The summed E-state index contributed by atoms with van der Waals surface area (Å²) in [6, 6.07) is 12.5. The van der Waals surface area contributed by atoms with Crippen LogP contribution in [0.2, 0.25) is 0 Å². The molecular weight excluding hydrogens is 428 g/mol. The number of aliphatic hydroxyl groups is 1. The topological polar surface area (TPSA) is 82.6 Å². The van der Waals surface area contributed by atoms with Crippen LogP contribution >= 0.6 is 0 Å². The van der Waals surface area contributed by atoms with E-state index in [1.165, 1.54) is 19.1 Å². The van der Waals surface area contributed by atoms with Gasteiger partial charge in [-0.05, 0) is 48.9 Å². The summed E-state index contributed by atoms with van der Waals surface area (Å²) in [6.07, 6.45) is 3.38. The van der Waals surface area contributed by atoms with E-state index in [2.05, 4.69) is 22.2 Å². The Kier molecular flexibility index (Phi) is 8.55. The zero-order valence-electron chi connectivity index (χ0n) is 18.9. The molecule has 178 valence electrons. The molecule has 0 fully saturated rings. The molecule has 1 aliphatic rings. The molecule has 6 nitrogen and oxygen atoms in total. The molecular formula is C25H31F2N3O3. The van der Waals surface area contributed by atoms with E-state index in [4.69, 9.17) is 4.84 Å². The van der Waals surface area contributed by atoms with E-state index in [-0.39, 0.29) is 18.9 Å². The highest BCUT2D eigenvalue weighted by molar-refractivity contribution is 5.73. The lowest BCUT2D eigenvalue weighted by atomic mass is 9.78. The number of hydrogen-bond donors (Lipinski definition) is 4. The fourth-order valence-electron chi connectivity index (χ4n) is 4.32. The zero-order chi connectivity index (χ0) is 23.8. The van der Waals surface area contributed by atoms with Crippen LogP contribution in [0.1, 0.15) is 37.3 Å². The Balaban J connectivity index is 1.76. The number of amides is 1. The Morgan fingerprint density at radius 1 is 1.18 bits per heavy atom. The van der Waals surface area contributed by atoms with Gasteiger partial charge in [-0.15, -0.1) is 0 Å². The number of halogens is 2. The summed E-state index contributed by atoms with van der Waals surface area (Å²) in [4.78, 5) is 16.8. The number of carbonyl (C=O) groups is 1. The lowest BCUT2D eigenvalue weighted by molar-refractivity contribution is -0.120. The first-order valence-corrected chi connectivity index (χ1v) is 11.0. The van der Waals surface area contributed by atoms with Crippen LogP contribution < -0.4 is 16.1 Å². The molecule has 2 aromatic carbocycles. The molecule has 0 bridgehead atoms. The van der Waals surface area contributed by atoms with Gasteiger partial charge in [0.05, 0.1) is 19.3 Å². The average Bonchev–Trinajstić information content (AvgIpc) is 2.78. The number of allylic oxidation sites excluding steroid dienone is 1. The number of nitrogens with one attached hydrogen (secondary N) is 3. The Labute approximate surface area is 193 Å². The Bertz CT molecular complexity index is 950. The first kappa shape index (κ1) is 24.8. The first-order valence-electron chi connectivity index (χ1n) is 11.0. The largest absolute Gasteiger partial charge is 0.390 e. The van der Waals surface area contributed by atoms with Crippen molar-refractivity contribution in [2.24, 2.45) is 0 Å². The molecule has 0 heterocycles. The van der Waals surface area contributed by atoms with Gasteiger partial charge in [0.2, 0.25) is 5.91 Å². The molecule has 33 heavy (non-hydrogen) atoms. The fraction of sp³-hybridized carbons (Fsp3) is 0.400. The smallest absolute Gasteiger partial charge is 0.217 e. The first-order chi connectivity index (χ1) is 15.8. The average molecular weight is 460 g/mol. The maximum absolute atomic E-state index is 13.6. The van der Waals surface area contributed by atoms with Crippen LogP contribution in [0, 0.1) is 11.6 Å². The number of hydrogen-bond acceptors (Lipinski definition) is 5. The van der Waals surface area contributed by atoms with Crippen LogP contribution in [-0.4, -0.2) is 36.8 Å². The van der Waals surface area contributed by atoms with E-state index in [1.807, 2.05) is 30.3 Å². The lowest BCUT2D eigenvalue weighted by Crippen LogP contribution is -2.53. The minimum atomic E-state index is -0.983. The van der Waals surface area contributed by atoms with Crippen LogP contribution in [0.15, 0.2) is 60.3 Å². The second-order valence-corrected chi connectivity index (χ2v) is 8.42. The highest BCUT2D eigenvalue weighted by Gasteiger charge is 2.35. The molecule has 1 aliphatic carbocycles. The third-order valence-corrected chi connectivity index (χ3v) is 5.96. The number of hydroxylamine groups is 1. The second kappa shape index (κ2) is 11.4. The summed E-state index contributed by atoms with van der Waals surface area (Å²) >= 11 is 0. The summed E-state index contributed by atoms with van der Waals surface area (Å²) < 4.78 is 27.3. The third-order valence-electron chi connectivity index (χ3n) is 5.96. The predicted octanol–water partition coefficient (Wildman–Crippen LogP) is 3.08. The molecule has 3 unspecified atom stereocenters. The Morgan fingerprint density at radius 2 is 1.88 bits per heavy atom. The van der Waals surface area contributed by atoms with Gasteiger partial charge in [-0.3, -0.25) is 15.1 Å². The van der Waals surface area contributed by atoms with Gasteiger partial charge in [0.25, 0.3) is 0 Å². The molecule has 2 aromatic rings. The molecule has 0 radical (unpaired) electrons. The third kappa shape index (κ3) is 6.83. The van der Waals surface area contributed by atoms with Gasteiger partial charge in [0.1, 0.15) is 11.6 Å². The highest BCUT2D eigenvalue weighted by Crippen LogP contribution is 2.36. The SMILES string of the molecule is CONC1=CCC(NCC(O)C(Cc2cc(F)cc(F)c2)NC(C)=O)(c2ccccc2)CC1. The monoisotopic (exact) mass is 459 g/mol. The van der Waals surface area contributed by atoms with E-state index < -0.39 is 29.3 Å². The minimum Gasteiger partial charge on any atom is -0.390 e. The minimum absolute atomic E-state index is 0.0945. The van der Waals surface area contributed by atoms with Gasteiger partial charge in [0, 0.05) is 30.8 Å². The van der Waals surface area contributed by atoms with Crippen molar-refractivity contribution in [3.8, 4) is 0 Å². The van der Waals surface area contributed by atoms with Crippen LogP contribution in [0.5, 0.6) is 0 Å². The van der Waals surface area contributed by atoms with Crippen molar-refractivity contribution < 1.29 is 23.5 Å². The zero-order valence-corrected chi connectivity index (χ0v) is 18.9. The molecule has 1 amide bonds. The van der Waals surface area contributed by atoms with Crippen molar-refractivity contribution in [3.63, 3.8) is 0 Å². The van der Waals surface area contributed by atoms with Gasteiger partial charge >= 0.3 is 0 Å². The summed E-state index contributed by atoms with van der Waals surface area (Å²) in [5.74, 6) is -1.72. The van der Waals surface area contributed by atoms with E-state index in [0.29, 0.717) is 12.0 Å². The molecule has 0 aliphatic heterocycles. The normalized spacial score (nSPS) is 20.0. The molecule has 0 spiro atoms.